The summed E-state index contributed by atoms with van der Waals surface area (Å²) in [5, 5.41) is 2.75. The lowest BCUT2D eigenvalue weighted by Gasteiger charge is -2.04. The van der Waals surface area contributed by atoms with Crippen molar-refractivity contribution in [1.82, 2.24) is 10.3 Å². The van der Waals surface area contributed by atoms with Gasteiger partial charge in [0.25, 0.3) is 0 Å². The van der Waals surface area contributed by atoms with Crippen LogP contribution in [0.4, 0.5) is 0 Å². The van der Waals surface area contributed by atoms with Crippen molar-refractivity contribution < 1.29 is 18.7 Å². The molecule has 0 radical (unpaired) electrons. The predicted octanol–water partition coefficient (Wildman–Crippen LogP) is 2.34. The fraction of sp³-hybridized carbons (Fsp3) is 0.353. The first-order valence-electron chi connectivity index (χ1n) is 7.61. The monoisotopic (exact) mass is 316 g/mol. The van der Waals surface area contributed by atoms with Crippen LogP contribution in [-0.4, -0.2) is 30.0 Å². The first-order valence-corrected chi connectivity index (χ1v) is 7.61. The van der Waals surface area contributed by atoms with Gasteiger partial charge in [-0.15, -0.1) is 0 Å². The van der Waals surface area contributed by atoms with Crippen LogP contribution < -0.4 is 5.32 Å². The molecule has 1 aromatic carbocycles. The zero-order chi connectivity index (χ0) is 16.5. The molecule has 23 heavy (non-hydrogen) atoms. The van der Waals surface area contributed by atoms with Gasteiger partial charge in [-0.05, 0) is 25.5 Å². The molecule has 2 rings (SSSR count). The molecule has 0 spiro atoms. The van der Waals surface area contributed by atoms with Crippen molar-refractivity contribution >= 4 is 11.9 Å². The van der Waals surface area contributed by atoms with E-state index in [0.717, 1.165) is 5.56 Å². The molecule has 0 saturated carbocycles. The summed E-state index contributed by atoms with van der Waals surface area (Å²) in [7, 11) is 0. The molecule has 6 nitrogen and oxygen atoms in total. The summed E-state index contributed by atoms with van der Waals surface area (Å²) < 4.78 is 10.2. The van der Waals surface area contributed by atoms with Crippen molar-refractivity contribution in [3.63, 3.8) is 0 Å². The average Bonchev–Trinajstić information content (AvgIpc) is 3.01. The molecule has 1 amide bonds. The number of esters is 1. The van der Waals surface area contributed by atoms with E-state index in [4.69, 9.17) is 9.15 Å². The van der Waals surface area contributed by atoms with Gasteiger partial charge in [0.1, 0.15) is 6.26 Å². The first kappa shape index (κ1) is 16.7. The van der Waals surface area contributed by atoms with Gasteiger partial charge in [0.05, 0.1) is 18.7 Å². The highest BCUT2D eigenvalue weighted by Crippen LogP contribution is 2.17. The molecule has 2 aromatic rings. The van der Waals surface area contributed by atoms with Crippen molar-refractivity contribution in [2.24, 2.45) is 0 Å². The first-order chi connectivity index (χ1) is 11.2. The number of benzene rings is 1. The number of nitrogens with zero attached hydrogens (tertiary/aromatic N) is 1. The van der Waals surface area contributed by atoms with Crippen molar-refractivity contribution in [2.45, 2.75) is 26.2 Å². The van der Waals surface area contributed by atoms with Crippen LogP contribution in [0, 0.1) is 0 Å². The molecule has 6 heteroatoms. The zero-order valence-electron chi connectivity index (χ0n) is 13.1. The quantitative estimate of drug-likeness (QED) is 0.597. The molecule has 122 valence electrons. The Kier molecular flexibility index (Phi) is 6.35. The number of oxazole rings is 1. The summed E-state index contributed by atoms with van der Waals surface area (Å²) in [5.74, 6) is 0.100. The average molecular weight is 316 g/mol. The second kappa shape index (κ2) is 8.73. The van der Waals surface area contributed by atoms with Gasteiger partial charge in [-0.1, -0.05) is 18.2 Å². The molecule has 0 aliphatic rings. The van der Waals surface area contributed by atoms with E-state index in [1.807, 2.05) is 30.3 Å². The van der Waals surface area contributed by atoms with E-state index in [1.54, 1.807) is 6.92 Å². The molecule has 0 aliphatic heterocycles. The molecule has 0 bridgehead atoms. The maximum atomic E-state index is 11.8. The van der Waals surface area contributed by atoms with Crippen LogP contribution in [0.25, 0.3) is 11.5 Å². The molecule has 0 fully saturated rings. The summed E-state index contributed by atoms with van der Waals surface area (Å²) in [4.78, 5) is 27.3. The van der Waals surface area contributed by atoms with Crippen LogP contribution in [0.3, 0.4) is 0 Å². The minimum atomic E-state index is -0.245. The molecular weight excluding hydrogens is 296 g/mol. The van der Waals surface area contributed by atoms with Gasteiger partial charge in [-0.2, -0.15) is 0 Å². The zero-order valence-corrected chi connectivity index (χ0v) is 13.1. The smallest absolute Gasteiger partial charge is 0.305 e. The number of amides is 1. The lowest BCUT2D eigenvalue weighted by atomic mass is 10.2. The number of aromatic nitrogens is 1. The standard InChI is InChI=1S/C17H20N2O4/c1-2-22-16(21)9-6-10-18-15(20)11-14-12-23-17(19-14)13-7-4-3-5-8-13/h3-5,7-8,12H,2,6,9-11H2,1H3,(H,18,20). The van der Waals surface area contributed by atoms with Gasteiger partial charge >= 0.3 is 5.97 Å². The van der Waals surface area contributed by atoms with Crippen LogP contribution in [0.2, 0.25) is 0 Å². The summed E-state index contributed by atoms with van der Waals surface area (Å²) in [6.07, 6.45) is 2.49. The fourth-order valence-corrected chi connectivity index (χ4v) is 2.02. The van der Waals surface area contributed by atoms with Crippen LogP contribution >= 0.6 is 0 Å². The Morgan fingerprint density at radius 2 is 2.04 bits per heavy atom. The number of carbonyl (C=O) groups is 2. The summed E-state index contributed by atoms with van der Waals surface area (Å²) in [6, 6.07) is 9.50. The van der Waals surface area contributed by atoms with Gasteiger partial charge < -0.3 is 14.5 Å². The third-order valence-corrected chi connectivity index (χ3v) is 3.10. The SMILES string of the molecule is CCOC(=O)CCCNC(=O)Cc1coc(-c2ccccc2)n1. The topological polar surface area (TPSA) is 81.4 Å². The van der Waals surface area contributed by atoms with Crippen LogP contribution in [-0.2, 0) is 20.7 Å². The highest BCUT2D eigenvalue weighted by molar-refractivity contribution is 5.78. The molecule has 0 aliphatic carbocycles. The van der Waals surface area contributed by atoms with Crippen molar-refractivity contribution in [2.75, 3.05) is 13.2 Å². The van der Waals surface area contributed by atoms with Gasteiger partial charge in [-0.3, -0.25) is 9.59 Å². The number of ether oxygens (including phenoxy) is 1. The summed E-state index contributed by atoms with van der Waals surface area (Å²) in [6.45, 7) is 2.57. The van der Waals surface area contributed by atoms with Crippen LogP contribution in [0.5, 0.6) is 0 Å². The maximum Gasteiger partial charge on any atom is 0.305 e. The molecular formula is C17H20N2O4. The lowest BCUT2D eigenvalue weighted by molar-refractivity contribution is -0.143. The summed E-state index contributed by atoms with van der Waals surface area (Å²) in [5.41, 5.74) is 1.44. The number of rotatable bonds is 8. The van der Waals surface area contributed by atoms with E-state index in [0.29, 0.717) is 37.6 Å². The van der Waals surface area contributed by atoms with E-state index < -0.39 is 0 Å². The van der Waals surface area contributed by atoms with Crippen LogP contribution in [0.15, 0.2) is 41.0 Å². The second-order valence-corrected chi connectivity index (χ2v) is 4.95. The largest absolute Gasteiger partial charge is 0.466 e. The predicted molar refractivity (Wildman–Crippen MR) is 84.5 cm³/mol. The Bertz CT molecular complexity index is 637. The van der Waals surface area contributed by atoms with Crippen molar-refractivity contribution in [3.05, 3.63) is 42.3 Å². The van der Waals surface area contributed by atoms with E-state index >= 15 is 0 Å². The number of nitrogens with one attached hydrogen (secondary N) is 1. The van der Waals surface area contributed by atoms with E-state index in [2.05, 4.69) is 10.3 Å². The summed E-state index contributed by atoms with van der Waals surface area (Å²) >= 11 is 0. The van der Waals surface area contributed by atoms with Crippen molar-refractivity contribution in [1.29, 1.82) is 0 Å². The number of hydrogen-bond donors (Lipinski definition) is 1. The Morgan fingerprint density at radius 3 is 2.78 bits per heavy atom. The van der Waals surface area contributed by atoms with E-state index in [1.165, 1.54) is 6.26 Å². The van der Waals surface area contributed by atoms with Gasteiger partial charge in [0.15, 0.2) is 0 Å². The van der Waals surface area contributed by atoms with Gasteiger partial charge in [-0.25, -0.2) is 4.98 Å². The third kappa shape index (κ3) is 5.58. The third-order valence-electron chi connectivity index (χ3n) is 3.10. The highest BCUT2D eigenvalue weighted by atomic mass is 16.5. The molecule has 1 heterocycles. The Morgan fingerprint density at radius 1 is 1.26 bits per heavy atom. The number of carbonyl (C=O) groups excluding carboxylic acids is 2. The highest BCUT2D eigenvalue weighted by Gasteiger charge is 2.10. The Hall–Kier alpha value is -2.63. The minimum Gasteiger partial charge on any atom is -0.466 e. The molecule has 0 unspecified atom stereocenters. The van der Waals surface area contributed by atoms with Crippen molar-refractivity contribution in [3.8, 4) is 11.5 Å². The normalized spacial score (nSPS) is 10.3. The van der Waals surface area contributed by atoms with Crippen LogP contribution in [0.1, 0.15) is 25.5 Å². The Balaban J connectivity index is 1.74. The minimum absolute atomic E-state index is 0.149. The fourth-order valence-electron chi connectivity index (χ4n) is 2.02. The lowest BCUT2D eigenvalue weighted by Crippen LogP contribution is -2.26. The van der Waals surface area contributed by atoms with Gasteiger partial charge in [0, 0.05) is 18.5 Å². The molecule has 0 atom stereocenters. The maximum absolute atomic E-state index is 11.8. The van der Waals surface area contributed by atoms with E-state index in [-0.39, 0.29) is 18.3 Å². The Labute approximate surface area is 134 Å². The number of hydrogen-bond acceptors (Lipinski definition) is 5. The molecule has 1 aromatic heterocycles. The second-order valence-electron chi connectivity index (χ2n) is 4.95. The van der Waals surface area contributed by atoms with Gasteiger partial charge in [0.2, 0.25) is 11.8 Å². The van der Waals surface area contributed by atoms with E-state index in [9.17, 15) is 9.59 Å². The molecule has 0 saturated heterocycles. The molecule has 1 N–H and O–H groups in total.